The molecule has 1 aromatic rings. The minimum absolute atomic E-state index is 0.574. The first-order valence-electron chi connectivity index (χ1n) is 4.63. The lowest BCUT2D eigenvalue weighted by Crippen LogP contribution is -2.20. The number of hydrogen-bond acceptors (Lipinski definition) is 2. The summed E-state index contributed by atoms with van der Waals surface area (Å²) in [6.45, 7) is 5.71. The molecular formula is C11H13Cl2NO. The maximum absolute atomic E-state index is 5.82. The van der Waals surface area contributed by atoms with Gasteiger partial charge in [0.05, 0.1) is 0 Å². The zero-order chi connectivity index (χ0) is 11.1. The fourth-order valence-electron chi connectivity index (χ4n) is 1.06. The second-order valence-electron chi connectivity index (χ2n) is 2.95. The van der Waals surface area contributed by atoms with Crippen LogP contribution in [0.2, 0.25) is 10.0 Å². The van der Waals surface area contributed by atoms with Gasteiger partial charge < -0.3 is 10.1 Å². The fourth-order valence-corrected chi connectivity index (χ4v) is 1.56. The third-order valence-corrected chi connectivity index (χ3v) is 2.11. The smallest absolute Gasteiger partial charge is 0.122 e. The summed E-state index contributed by atoms with van der Waals surface area (Å²) in [6.07, 6.45) is 1.80. The van der Waals surface area contributed by atoms with Crippen LogP contribution in [-0.2, 0) is 0 Å². The molecule has 82 valence electrons. The van der Waals surface area contributed by atoms with Crippen LogP contribution in [0.25, 0.3) is 0 Å². The van der Waals surface area contributed by atoms with Crippen LogP contribution in [0.5, 0.6) is 5.75 Å². The van der Waals surface area contributed by atoms with E-state index in [9.17, 15) is 0 Å². The highest BCUT2D eigenvalue weighted by Gasteiger charge is 1.98. The van der Waals surface area contributed by atoms with Gasteiger partial charge in [-0.25, -0.2) is 0 Å². The Kier molecular flexibility index (Phi) is 5.54. The van der Waals surface area contributed by atoms with Gasteiger partial charge in [-0.05, 0) is 18.2 Å². The number of nitrogens with one attached hydrogen (secondary N) is 1. The van der Waals surface area contributed by atoms with Crippen molar-refractivity contribution in [1.29, 1.82) is 0 Å². The Balaban J connectivity index is 2.33. The van der Waals surface area contributed by atoms with Crippen molar-refractivity contribution in [3.8, 4) is 5.75 Å². The van der Waals surface area contributed by atoms with Gasteiger partial charge in [0.1, 0.15) is 12.4 Å². The van der Waals surface area contributed by atoms with Crippen molar-refractivity contribution < 1.29 is 4.74 Å². The van der Waals surface area contributed by atoms with Crippen LogP contribution in [0, 0.1) is 0 Å². The van der Waals surface area contributed by atoms with Crippen molar-refractivity contribution in [2.45, 2.75) is 0 Å². The molecule has 1 N–H and O–H groups in total. The molecule has 0 heterocycles. The average molecular weight is 246 g/mol. The first-order chi connectivity index (χ1) is 7.22. The Morgan fingerprint density at radius 3 is 2.53 bits per heavy atom. The molecule has 1 aromatic carbocycles. The largest absolute Gasteiger partial charge is 0.492 e. The van der Waals surface area contributed by atoms with Crippen molar-refractivity contribution >= 4 is 23.2 Å². The van der Waals surface area contributed by atoms with E-state index in [1.807, 2.05) is 0 Å². The van der Waals surface area contributed by atoms with Gasteiger partial charge in [0.25, 0.3) is 0 Å². The normalized spacial score (nSPS) is 10.0. The van der Waals surface area contributed by atoms with Crippen LogP contribution in [0.4, 0.5) is 0 Å². The Morgan fingerprint density at radius 2 is 1.93 bits per heavy atom. The van der Waals surface area contributed by atoms with Gasteiger partial charge in [0, 0.05) is 23.1 Å². The van der Waals surface area contributed by atoms with Crippen LogP contribution in [0.1, 0.15) is 0 Å². The van der Waals surface area contributed by atoms with Gasteiger partial charge in [-0.1, -0.05) is 29.3 Å². The molecule has 0 amide bonds. The summed E-state index contributed by atoms with van der Waals surface area (Å²) in [6, 6.07) is 5.15. The SMILES string of the molecule is C=CCNCCOc1cc(Cl)cc(Cl)c1. The van der Waals surface area contributed by atoms with Crippen LogP contribution in [-0.4, -0.2) is 19.7 Å². The van der Waals surface area contributed by atoms with Crippen molar-refractivity contribution in [1.82, 2.24) is 5.32 Å². The van der Waals surface area contributed by atoms with Gasteiger partial charge in [-0.2, -0.15) is 0 Å². The average Bonchev–Trinajstić information content (AvgIpc) is 2.16. The van der Waals surface area contributed by atoms with Gasteiger partial charge in [0.2, 0.25) is 0 Å². The highest BCUT2D eigenvalue weighted by atomic mass is 35.5. The second kappa shape index (κ2) is 6.72. The molecule has 0 fully saturated rings. The van der Waals surface area contributed by atoms with Gasteiger partial charge in [-0.3, -0.25) is 0 Å². The monoisotopic (exact) mass is 245 g/mol. The lowest BCUT2D eigenvalue weighted by atomic mass is 10.3. The highest BCUT2D eigenvalue weighted by Crippen LogP contribution is 2.23. The number of rotatable bonds is 6. The molecule has 1 rings (SSSR count). The van der Waals surface area contributed by atoms with Crippen molar-refractivity contribution in [2.75, 3.05) is 19.7 Å². The van der Waals surface area contributed by atoms with Crippen LogP contribution < -0.4 is 10.1 Å². The molecule has 0 aromatic heterocycles. The number of halogens is 2. The number of ether oxygens (including phenoxy) is 1. The molecule has 0 unspecified atom stereocenters. The molecule has 0 aliphatic rings. The topological polar surface area (TPSA) is 21.3 Å². The van der Waals surface area contributed by atoms with Crippen molar-refractivity contribution in [2.24, 2.45) is 0 Å². The molecule has 0 saturated heterocycles. The molecule has 0 bridgehead atoms. The maximum atomic E-state index is 5.82. The number of benzene rings is 1. The first-order valence-corrected chi connectivity index (χ1v) is 5.38. The zero-order valence-corrected chi connectivity index (χ0v) is 9.81. The molecule has 0 radical (unpaired) electrons. The number of hydrogen-bond donors (Lipinski definition) is 1. The van der Waals surface area contributed by atoms with E-state index in [1.54, 1.807) is 24.3 Å². The summed E-state index contributed by atoms with van der Waals surface area (Å²) in [7, 11) is 0. The molecule has 0 aliphatic heterocycles. The van der Waals surface area contributed by atoms with E-state index in [4.69, 9.17) is 27.9 Å². The lowest BCUT2D eigenvalue weighted by Gasteiger charge is -2.07. The van der Waals surface area contributed by atoms with E-state index in [1.165, 1.54) is 0 Å². The summed E-state index contributed by atoms with van der Waals surface area (Å²) in [5.74, 6) is 0.688. The molecule has 4 heteroatoms. The van der Waals surface area contributed by atoms with Crippen molar-refractivity contribution in [3.63, 3.8) is 0 Å². The third kappa shape index (κ3) is 5.07. The summed E-state index contributed by atoms with van der Waals surface area (Å²) in [5, 5.41) is 4.29. The minimum Gasteiger partial charge on any atom is -0.492 e. The molecule has 2 nitrogen and oxygen atoms in total. The Labute approximate surface area is 99.8 Å². The van der Waals surface area contributed by atoms with Crippen LogP contribution in [0.3, 0.4) is 0 Å². The quantitative estimate of drug-likeness (QED) is 0.615. The minimum atomic E-state index is 0.574. The summed E-state index contributed by atoms with van der Waals surface area (Å²) < 4.78 is 5.45. The maximum Gasteiger partial charge on any atom is 0.122 e. The predicted molar refractivity (Wildman–Crippen MR) is 65.0 cm³/mol. The lowest BCUT2D eigenvalue weighted by molar-refractivity contribution is 0.316. The molecule has 0 atom stereocenters. The van der Waals surface area contributed by atoms with E-state index >= 15 is 0 Å². The van der Waals surface area contributed by atoms with E-state index in [0.29, 0.717) is 22.4 Å². The third-order valence-electron chi connectivity index (χ3n) is 1.67. The Morgan fingerprint density at radius 1 is 1.27 bits per heavy atom. The van der Waals surface area contributed by atoms with Gasteiger partial charge >= 0.3 is 0 Å². The van der Waals surface area contributed by atoms with Crippen molar-refractivity contribution in [3.05, 3.63) is 40.9 Å². The fraction of sp³-hybridized carbons (Fsp3) is 0.273. The van der Waals surface area contributed by atoms with Gasteiger partial charge in [0.15, 0.2) is 0 Å². The zero-order valence-electron chi connectivity index (χ0n) is 8.30. The summed E-state index contributed by atoms with van der Waals surface area (Å²) in [4.78, 5) is 0. The standard InChI is InChI=1S/C11H13Cl2NO/c1-2-3-14-4-5-15-11-7-9(12)6-10(13)8-11/h2,6-8,14H,1,3-5H2. The van der Waals surface area contributed by atoms with E-state index < -0.39 is 0 Å². The van der Waals surface area contributed by atoms with Gasteiger partial charge in [-0.15, -0.1) is 6.58 Å². The van der Waals surface area contributed by atoms with Crippen LogP contribution in [0.15, 0.2) is 30.9 Å². The van der Waals surface area contributed by atoms with E-state index in [2.05, 4.69) is 11.9 Å². The molecule has 0 saturated carbocycles. The van der Waals surface area contributed by atoms with E-state index in [0.717, 1.165) is 13.1 Å². The summed E-state index contributed by atoms with van der Waals surface area (Å²) in [5.41, 5.74) is 0. The molecule has 15 heavy (non-hydrogen) atoms. The molecule has 0 aliphatic carbocycles. The summed E-state index contributed by atoms with van der Waals surface area (Å²) >= 11 is 11.6. The Bertz CT molecular complexity index is 308. The molecular weight excluding hydrogens is 233 g/mol. The second-order valence-corrected chi connectivity index (χ2v) is 3.82. The first kappa shape index (κ1) is 12.4. The Hall–Kier alpha value is -0.700. The predicted octanol–water partition coefficient (Wildman–Crippen LogP) is 3.15. The van der Waals surface area contributed by atoms with E-state index in [-0.39, 0.29) is 0 Å². The highest BCUT2D eigenvalue weighted by molar-refractivity contribution is 6.34. The molecule has 0 spiro atoms. The van der Waals surface area contributed by atoms with Crippen LogP contribution >= 0.6 is 23.2 Å².